The summed E-state index contributed by atoms with van der Waals surface area (Å²) in [5, 5.41) is 17.1. The van der Waals surface area contributed by atoms with Gasteiger partial charge in [0.25, 0.3) is 5.91 Å². The Balaban J connectivity index is 1.64. The van der Waals surface area contributed by atoms with Gasteiger partial charge in [0.15, 0.2) is 5.60 Å². The average Bonchev–Trinajstić information content (AvgIpc) is 2.96. The second-order valence-corrected chi connectivity index (χ2v) is 13.0. The van der Waals surface area contributed by atoms with Crippen LogP contribution in [0.5, 0.6) is 5.75 Å². The van der Waals surface area contributed by atoms with Crippen molar-refractivity contribution in [3.63, 3.8) is 0 Å². The van der Waals surface area contributed by atoms with Crippen molar-refractivity contribution in [2.24, 2.45) is 5.92 Å². The van der Waals surface area contributed by atoms with Crippen LogP contribution in [-0.4, -0.2) is 36.9 Å². The third-order valence-electron chi connectivity index (χ3n) is 8.53. The monoisotopic (exact) mass is 578 g/mol. The van der Waals surface area contributed by atoms with Gasteiger partial charge in [-0.3, -0.25) is 10.1 Å². The van der Waals surface area contributed by atoms with Crippen molar-refractivity contribution < 1.29 is 24.2 Å². The molecule has 0 heterocycles. The number of carbonyl (C=O) groups excluding carboxylic acids is 2. The maximum atomic E-state index is 13.3. The molecule has 0 radical (unpaired) electrons. The zero-order valence-corrected chi connectivity index (χ0v) is 26.7. The Kier molecular flexibility index (Phi) is 10.9. The van der Waals surface area contributed by atoms with Gasteiger partial charge < -0.3 is 19.9 Å². The molecule has 2 aromatic carbocycles. The number of hydrogen-bond acceptors (Lipinski definition) is 5. The Morgan fingerprint density at radius 1 is 1.05 bits per heavy atom. The molecule has 0 aromatic heterocycles. The number of anilines is 1. The summed E-state index contributed by atoms with van der Waals surface area (Å²) in [4.78, 5) is 25.5. The van der Waals surface area contributed by atoms with Gasteiger partial charge in [-0.1, -0.05) is 91.8 Å². The predicted octanol–water partition coefficient (Wildman–Crippen LogP) is 7.46. The highest BCUT2D eigenvalue weighted by molar-refractivity contribution is 5.93. The molecule has 42 heavy (non-hydrogen) atoms. The van der Waals surface area contributed by atoms with E-state index >= 15 is 0 Å². The lowest BCUT2D eigenvalue weighted by Crippen LogP contribution is -2.46. The topological polar surface area (TPSA) is 96.9 Å². The highest BCUT2D eigenvalue weighted by atomic mass is 16.5. The molecule has 2 aromatic rings. The number of hydrogen-bond donors (Lipinski definition) is 3. The molecule has 1 atom stereocenters. The van der Waals surface area contributed by atoms with Crippen molar-refractivity contribution in [1.82, 2.24) is 5.32 Å². The van der Waals surface area contributed by atoms with Crippen LogP contribution in [0.1, 0.15) is 103 Å². The number of rotatable bonds is 13. The van der Waals surface area contributed by atoms with E-state index in [4.69, 9.17) is 9.47 Å². The zero-order chi connectivity index (χ0) is 31.1. The maximum absolute atomic E-state index is 13.3. The number of nitrogens with one attached hydrogen (secondary N) is 2. The minimum atomic E-state index is -1.75. The summed E-state index contributed by atoms with van der Waals surface area (Å²) in [7, 11) is 0. The van der Waals surface area contributed by atoms with Crippen LogP contribution in [0.4, 0.5) is 10.5 Å². The van der Waals surface area contributed by atoms with E-state index in [0.717, 1.165) is 18.6 Å². The summed E-state index contributed by atoms with van der Waals surface area (Å²) in [6.07, 6.45) is 5.75. The normalized spacial score (nSPS) is 16.6. The Morgan fingerprint density at radius 3 is 2.43 bits per heavy atom. The van der Waals surface area contributed by atoms with E-state index in [-0.39, 0.29) is 23.2 Å². The Morgan fingerprint density at radius 2 is 1.76 bits per heavy atom. The van der Waals surface area contributed by atoms with Gasteiger partial charge in [-0.2, -0.15) is 0 Å². The fraction of sp³-hybridized carbons (Fsp3) is 0.543. The molecule has 0 saturated carbocycles. The fourth-order valence-electron chi connectivity index (χ4n) is 4.88. The lowest BCUT2D eigenvalue weighted by molar-refractivity contribution is -0.140. The van der Waals surface area contributed by atoms with Gasteiger partial charge in [-0.05, 0) is 53.7 Å². The molecule has 0 saturated heterocycles. The lowest BCUT2D eigenvalue weighted by Gasteiger charge is -2.31. The van der Waals surface area contributed by atoms with Crippen LogP contribution in [-0.2, 0) is 26.0 Å². The summed E-state index contributed by atoms with van der Waals surface area (Å²) in [6.45, 7) is 18.4. The molecular formula is C35H50N2O5. The summed E-state index contributed by atoms with van der Waals surface area (Å²) < 4.78 is 11.5. The van der Waals surface area contributed by atoms with Crippen LogP contribution in [0.25, 0.3) is 6.08 Å². The molecule has 3 N–H and O–H groups in total. The molecule has 0 bridgehead atoms. The Bertz CT molecular complexity index is 1280. The second-order valence-electron chi connectivity index (χ2n) is 13.0. The van der Waals surface area contributed by atoms with E-state index in [0.29, 0.717) is 43.0 Å². The van der Waals surface area contributed by atoms with E-state index < -0.39 is 17.6 Å². The molecule has 0 spiro atoms. The quantitative estimate of drug-likeness (QED) is 0.214. The first-order valence-corrected chi connectivity index (χ1v) is 15.3. The van der Waals surface area contributed by atoms with Gasteiger partial charge in [0.2, 0.25) is 0 Å². The number of aliphatic hydroxyl groups is 1. The summed E-state index contributed by atoms with van der Waals surface area (Å²) in [6, 6.07) is 11.7. The fourth-order valence-corrected chi connectivity index (χ4v) is 4.88. The highest BCUT2D eigenvalue weighted by Gasteiger charge is 2.40. The summed E-state index contributed by atoms with van der Waals surface area (Å²) in [5.74, 6) is 0.607. The van der Waals surface area contributed by atoms with Crippen LogP contribution < -0.4 is 15.4 Å². The molecule has 0 fully saturated rings. The minimum absolute atomic E-state index is 0.0343. The molecule has 7 nitrogen and oxygen atoms in total. The smallest absolute Gasteiger partial charge is 0.411 e. The van der Waals surface area contributed by atoms with Gasteiger partial charge in [0.1, 0.15) is 5.75 Å². The molecule has 0 aliphatic heterocycles. The first-order chi connectivity index (χ1) is 19.7. The van der Waals surface area contributed by atoms with Crippen LogP contribution >= 0.6 is 0 Å². The molecule has 3 rings (SSSR count). The Hall–Kier alpha value is -3.32. The first-order valence-electron chi connectivity index (χ1n) is 15.3. The third kappa shape index (κ3) is 7.74. The molecule has 230 valence electrons. The molecule has 2 amide bonds. The summed E-state index contributed by atoms with van der Waals surface area (Å²) >= 11 is 0. The molecule has 1 aliphatic rings. The number of carbonyl (C=O) groups is 2. The Labute approximate surface area is 252 Å². The van der Waals surface area contributed by atoms with Gasteiger partial charge in [-0.15, -0.1) is 0 Å². The van der Waals surface area contributed by atoms with Crippen LogP contribution in [0.2, 0.25) is 0 Å². The zero-order valence-electron chi connectivity index (χ0n) is 26.7. The van der Waals surface area contributed by atoms with E-state index in [1.54, 1.807) is 24.3 Å². The van der Waals surface area contributed by atoms with E-state index in [1.165, 1.54) is 11.1 Å². The van der Waals surface area contributed by atoms with Gasteiger partial charge in [0, 0.05) is 29.7 Å². The summed E-state index contributed by atoms with van der Waals surface area (Å²) in [5.41, 5.74) is 2.33. The SMILES string of the molecule is CCC(C)(C)c1ccc(OCCCNC(=O)C2(O)CC=Cc3c(NC(=O)OCC(C)C)cccc32)c(C(C)(C)CC)c1. The van der Waals surface area contributed by atoms with Crippen LogP contribution in [0.3, 0.4) is 0 Å². The standard InChI is InChI=1S/C35H50N2O5/c1-9-33(5,6)25-17-18-30(28(22-25)34(7,8)10-2)41-21-13-20-36-31(38)35(40)19-12-14-26-27(35)15-11-16-29(26)37-32(39)42-23-24(3)4/h11-12,14-18,22,24,40H,9-10,13,19-21,23H2,1-8H3,(H,36,38)(H,37,39). The largest absolute Gasteiger partial charge is 0.493 e. The number of fused-ring (bicyclic) bond motifs is 1. The van der Waals surface area contributed by atoms with Crippen LogP contribution in [0.15, 0.2) is 42.5 Å². The van der Waals surface area contributed by atoms with Gasteiger partial charge >= 0.3 is 6.09 Å². The van der Waals surface area contributed by atoms with Crippen molar-refractivity contribution in [2.75, 3.05) is 25.1 Å². The van der Waals surface area contributed by atoms with Crippen molar-refractivity contribution in [2.45, 2.75) is 97.5 Å². The van der Waals surface area contributed by atoms with E-state index in [9.17, 15) is 14.7 Å². The number of benzene rings is 2. The highest BCUT2D eigenvalue weighted by Crippen LogP contribution is 2.39. The lowest BCUT2D eigenvalue weighted by atomic mass is 9.76. The van der Waals surface area contributed by atoms with Gasteiger partial charge in [0.05, 0.1) is 18.9 Å². The van der Waals surface area contributed by atoms with Crippen molar-refractivity contribution in [3.8, 4) is 5.75 Å². The van der Waals surface area contributed by atoms with Crippen molar-refractivity contribution >= 4 is 23.8 Å². The van der Waals surface area contributed by atoms with Crippen molar-refractivity contribution in [3.05, 3.63) is 64.7 Å². The number of ether oxygens (including phenoxy) is 2. The first kappa shape index (κ1) is 33.2. The van der Waals surface area contributed by atoms with E-state index in [1.807, 2.05) is 19.9 Å². The number of amides is 2. The molecule has 1 aliphatic carbocycles. The van der Waals surface area contributed by atoms with Gasteiger partial charge in [-0.25, -0.2) is 4.79 Å². The molecule has 7 heteroatoms. The maximum Gasteiger partial charge on any atom is 0.411 e. The van der Waals surface area contributed by atoms with E-state index in [2.05, 4.69) is 70.4 Å². The third-order valence-corrected chi connectivity index (χ3v) is 8.53. The average molecular weight is 579 g/mol. The molecular weight excluding hydrogens is 528 g/mol. The molecule has 1 unspecified atom stereocenters. The van der Waals surface area contributed by atoms with Crippen LogP contribution in [0, 0.1) is 5.92 Å². The minimum Gasteiger partial charge on any atom is -0.493 e. The second kappa shape index (κ2) is 13.8. The van der Waals surface area contributed by atoms with Crippen molar-refractivity contribution in [1.29, 1.82) is 0 Å². The predicted molar refractivity (Wildman–Crippen MR) is 170 cm³/mol.